The van der Waals surface area contributed by atoms with Crippen molar-refractivity contribution >= 4 is 40.3 Å². The van der Waals surface area contributed by atoms with Crippen LogP contribution < -0.4 is 10.6 Å². The number of carbonyl (C=O) groups excluding carboxylic acids is 1. The van der Waals surface area contributed by atoms with Crippen molar-refractivity contribution in [3.63, 3.8) is 0 Å². The molecule has 0 saturated carbocycles. The Balaban J connectivity index is 2.63. The molecular formula is C15H25N3O3S2. The number of hydrogen-bond acceptors (Lipinski definition) is 5. The van der Waals surface area contributed by atoms with Gasteiger partial charge in [-0.1, -0.05) is 40.0 Å². The van der Waals surface area contributed by atoms with Gasteiger partial charge in [-0.15, -0.1) is 11.8 Å². The lowest BCUT2D eigenvalue weighted by Crippen LogP contribution is -2.31. The fourth-order valence-corrected chi connectivity index (χ4v) is 3.73. The molecule has 0 aromatic carbocycles. The molecule has 1 rings (SSSR count). The summed E-state index contributed by atoms with van der Waals surface area (Å²) in [7, 11) is 0. The van der Waals surface area contributed by atoms with Gasteiger partial charge in [0.2, 0.25) is 0 Å². The van der Waals surface area contributed by atoms with Crippen LogP contribution in [-0.2, 0) is 0 Å². The molecule has 1 heterocycles. The highest BCUT2D eigenvalue weighted by Gasteiger charge is 2.22. The summed E-state index contributed by atoms with van der Waals surface area (Å²) in [4.78, 5) is 23.3. The van der Waals surface area contributed by atoms with Crippen LogP contribution in [-0.4, -0.2) is 33.8 Å². The van der Waals surface area contributed by atoms with Crippen LogP contribution in [0.4, 0.5) is 9.80 Å². The molecule has 0 unspecified atom stereocenters. The van der Waals surface area contributed by atoms with Crippen LogP contribution in [0.1, 0.15) is 56.8 Å². The zero-order chi connectivity index (χ0) is 17.2. The predicted molar refractivity (Wildman–Crippen MR) is 95.8 cm³/mol. The van der Waals surface area contributed by atoms with Gasteiger partial charge in [-0.25, -0.2) is 9.59 Å². The zero-order valence-corrected chi connectivity index (χ0v) is 15.5. The van der Waals surface area contributed by atoms with E-state index in [1.165, 1.54) is 24.6 Å². The van der Waals surface area contributed by atoms with Gasteiger partial charge in [0.25, 0.3) is 0 Å². The molecule has 23 heavy (non-hydrogen) atoms. The van der Waals surface area contributed by atoms with E-state index < -0.39 is 12.0 Å². The Labute approximate surface area is 145 Å². The van der Waals surface area contributed by atoms with Gasteiger partial charge in [-0.05, 0) is 29.6 Å². The van der Waals surface area contributed by atoms with Crippen LogP contribution in [0.25, 0.3) is 0 Å². The average Bonchev–Trinajstić information content (AvgIpc) is 2.87. The first kappa shape index (κ1) is 19.8. The number of nitrogens with zero attached hydrogens (tertiary/aromatic N) is 1. The predicted octanol–water partition coefficient (Wildman–Crippen LogP) is 4.29. The minimum atomic E-state index is -1.06. The highest BCUT2D eigenvalue weighted by atomic mass is 32.2. The van der Waals surface area contributed by atoms with Crippen LogP contribution in [0, 0.1) is 5.92 Å². The van der Waals surface area contributed by atoms with Crippen LogP contribution in [0.2, 0.25) is 0 Å². The summed E-state index contributed by atoms with van der Waals surface area (Å²) in [6.45, 7) is 6.66. The Kier molecular flexibility index (Phi) is 9.01. The summed E-state index contributed by atoms with van der Waals surface area (Å²) >= 11 is 2.45. The molecule has 1 aromatic heterocycles. The summed E-state index contributed by atoms with van der Waals surface area (Å²) in [5, 5.41) is 15.5. The smallest absolute Gasteiger partial charge is 0.341 e. The van der Waals surface area contributed by atoms with E-state index in [-0.39, 0.29) is 10.6 Å². The van der Waals surface area contributed by atoms with Gasteiger partial charge in [-0.3, -0.25) is 5.32 Å². The van der Waals surface area contributed by atoms with Gasteiger partial charge in [-0.2, -0.15) is 4.37 Å². The molecule has 0 fully saturated rings. The topological polar surface area (TPSA) is 91.3 Å². The molecule has 0 atom stereocenters. The maximum absolute atomic E-state index is 11.8. The molecule has 1 aromatic rings. The normalized spacial score (nSPS) is 10.8. The number of nitrogens with one attached hydrogen (secondary N) is 2. The van der Waals surface area contributed by atoms with E-state index in [9.17, 15) is 14.7 Å². The average molecular weight is 360 g/mol. The number of carboxylic acid groups (broad SMARTS) is 1. The lowest BCUT2D eigenvalue weighted by atomic mass is 10.2. The Bertz CT molecular complexity index is 518. The number of anilines is 1. The number of aromatic carboxylic acids is 1. The summed E-state index contributed by atoms with van der Waals surface area (Å²) in [5.74, 6) is 0.104. The maximum atomic E-state index is 11.8. The van der Waals surface area contributed by atoms with Gasteiger partial charge in [0.05, 0.1) is 0 Å². The molecule has 0 aliphatic carbocycles. The van der Waals surface area contributed by atoms with Gasteiger partial charge < -0.3 is 10.4 Å². The third-order valence-corrected chi connectivity index (χ3v) is 4.95. The van der Waals surface area contributed by atoms with E-state index in [1.54, 1.807) is 0 Å². The molecule has 0 saturated heterocycles. The molecule has 6 nitrogen and oxygen atoms in total. The van der Waals surface area contributed by atoms with Gasteiger partial charge >= 0.3 is 12.0 Å². The number of aromatic nitrogens is 1. The Morgan fingerprint density at radius 1 is 1.30 bits per heavy atom. The summed E-state index contributed by atoms with van der Waals surface area (Å²) in [5.41, 5.74) is 0.0928. The fourth-order valence-electron chi connectivity index (χ4n) is 1.79. The first-order chi connectivity index (χ1) is 11.0. The molecule has 0 aliphatic heterocycles. The number of thioether (sulfide) groups is 1. The van der Waals surface area contributed by atoms with Crippen molar-refractivity contribution in [1.29, 1.82) is 0 Å². The van der Waals surface area contributed by atoms with Crippen LogP contribution >= 0.6 is 23.3 Å². The first-order valence-corrected chi connectivity index (χ1v) is 9.62. The molecule has 0 spiro atoms. The molecule has 0 aliphatic rings. The third kappa shape index (κ3) is 7.22. The van der Waals surface area contributed by atoms with Crippen molar-refractivity contribution in [1.82, 2.24) is 9.69 Å². The minimum absolute atomic E-state index is 0.0928. The molecule has 0 bridgehead atoms. The molecule has 2 amide bonds. The van der Waals surface area contributed by atoms with Crippen molar-refractivity contribution < 1.29 is 14.7 Å². The second-order valence-electron chi connectivity index (χ2n) is 5.63. The van der Waals surface area contributed by atoms with Crippen LogP contribution in [0.3, 0.4) is 0 Å². The lowest BCUT2D eigenvalue weighted by molar-refractivity contribution is 0.0694. The highest BCUT2D eigenvalue weighted by Crippen LogP contribution is 2.32. The van der Waals surface area contributed by atoms with Crippen LogP contribution in [0.15, 0.2) is 5.03 Å². The van der Waals surface area contributed by atoms with E-state index in [4.69, 9.17) is 0 Å². The Morgan fingerprint density at radius 3 is 2.65 bits per heavy atom. The van der Waals surface area contributed by atoms with E-state index in [1.807, 2.05) is 13.8 Å². The SMILES string of the molecule is CCCCCCSc1nsc(NC(=O)NCC(C)C)c1C(=O)O. The number of amides is 2. The number of hydrogen-bond donors (Lipinski definition) is 3. The molecule has 3 N–H and O–H groups in total. The summed E-state index contributed by atoms with van der Waals surface area (Å²) < 4.78 is 4.18. The second-order valence-corrected chi connectivity index (χ2v) is 7.49. The minimum Gasteiger partial charge on any atom is -0.477 e. The quantitative estimate of drug-likeness (QED) is 0.428. The first-order valence-electron chi connectivity index (χ1n) is 7.86. The van der Waals surface area contributed by atoms with E-state index in [2.05, 4.69) is 21.9 Å². The number of urea groups is 1. The summed E-state index contributed by atoms with van der Waals surface area (Å²) in [6.07, 6.45) is 4.53. The van der Waals surface area contributed by atoms with Gasteiger partial charge in [0.15, 0.2) is 0 Å². The van der Waals surface area contributed by atoms with Crippen molar-refractivity contribution in [3.05, 3.63) is 5.56 Å². The maximum Gasteiger partial charge on any atom is 0.341 e. The number of rotatable bonds is 10. The number of unbranched alkanes of at least 4 members (excludes halogenated alkanes) is 3. The molecule has 8 heteroatoms. The van der Waals surface area contributed by atoms with E-state index in [0.717, 1.165) is 30.1 Å². The van der Waals surface area contributed by atoms with E-state index in [0.29, 0.717) is 17.5 Å². The van der Waals surface area contributed by atoms with Gasteiger partial charge in [0, 0.05) is 6.54 Å². The largest absolute Gasteiger partial charge is 0.477 e. The van der Waals surface area contributed by atoms with Crippen LogP contribution in [0.5, 0.6) is 0 Å². The van der Waals surface area contributed by atoms with Gasteiger partial charge in [0.1, 0.15) is 15.6 Å². The number of carbonyl (C=O) groups is 2. The van der Waals surface area contributed by atoms with E-state index >= 15 is 0 Å². The zero-order valence-electron chi connectivity index (χ0n) is 13.8. The van der Waals surface area contributed by atoms with Crippen molar-refractivity contribution in [3.8, 4) is 0 Å². The van der Waals surface area contributed by atoms with Crippen molar-refractivity contribution in [2.75, 3.05) is 17.6 Å². The third-order valence-electron chi connectivity index (χ3n) is 3.01. The van der Waals surface area contributed by atoms with Crippen molar-refractivity contribution in [2.24, 2.45) is 5.92 Å². The Hall–Kier alpha value is -1.28. The van der Waals surface area contributed by atoms with Crippen molar-refractivity contribution in [2.45, 2.75) is 51.5 Å². The number of carboxylic acids is 1. The monoisotopic (exact) mass is 359 g/mol. The second kappa shape index (κ2) is 10.5. The molecule has 130 valence electrons. The summed E-state index contributed by atoms with van der Waals surface area (Å²) in [6, 6.07) is -0.399. The fraction of sp³-hybridized carbons (Fsp3) is 0.667. The molecule has 0 radical (unpaired) electrons. The molecular weight excluding hydrogens is 334 g/mol. The standard InChI is InChI=1S/C15H25N3O3S2/c1-4-5-6-7-8-22-13-11(14(19)20)12(23-18-13)17-15(21)16-9-10(2)3/h10H,4-9H2,1-3H3,(H,19,20)(H2,16,17,21). The Morgan fingerprint density at radius 2 is 2.04 bits per heavy atom. The highest BCUT2D eigenvalue weighted by molar-refractivity contribution is 7.99. The lowest BCUT2D eigenvalue weighted by Gasteiger charge is -2.08.